The van der Waals surface area contributed by atoms with Crippen LogP contribution in [0.4, 0.5) is 0 Å². The molecular formula is C40H26O. The normalized spacial score (nSPS) is 14.9. The number of hydrogen-bond donors (Lipinski definition) is 0. The minimum Gasteiger partial charge on any atom is -0.460 e. The predicted molar refractivity (Wildman–Crippen MR) is 173 cm³/mol. The first-order chi connectivity index (χ1) is 20.3. The van der Waals surface area contributed by atoms with Crippen LogP contribution in [0.2, 0.25) is 0 Å². The molecule has 1 nitrogen and oxygen atoms in total. The molecule has 0 saturated carbocycles. The Hall–Kier alpha value is -5.14. The van der Waals surface area contributed by atoms with Gasteiger partial charge >= 0.3 is 0 Å². The highest BCUT2D eigenvalue weighted by Crippen LogP contribution is 2.43. The van der Waals surface area contributed by atoms with E-state index < -0.39 is 0 Å². The number of hydrogen-bond acceptors (Lipinski definition) is 1. The van der Waals surface area contributed by atoms with E-state index in [0.717, 1.165) is 17.8 Å². The SMILES string of the molecule is C1=Cc2c(oc3ccccc23)C(c2cccc(-c3cccc(-c4ccc5ccc6cccc7ccc4c5c67)c3)c2)C1. The molecular weight excluding hydrogens is 496 g/mol. The van der Waals surface area contributed by atoms with E-state index in [0.29, 0.717) is 0 Å². The van der Waals surface area contributed by atoms with Gasteiger partial charge in [0.2, 0.25) is 0 Å². The highest BCUT2D eigenvalue weighted by molar-refractivity contribution is 6.25. The Morgan fingerprint density at radius 3 is 2.15 bits per heavy atom. The summed E-state index contributed by atoms with van der Waals surface area (Å²) in [5.41, 5.74) is 8.45. The van der Waals surface area contributed by atoms with Crippen molar-refractivity contribution in [3.8, 4) is 22.3 Å². The molecule has 8 aromatic rings. The molecule has 0 aliphatic heterocycles. The van der Waals surface area contributed by atoms with Crippen molar-refractivity contribution in [1.82, 2.24) is 0 Å². The fourth-order valence-corrected chi connectivity index (χ4v) is 7.02. The summed E-state index contributed by atoms with van der Waals surface area (Å²) in [5, 5.41) is 9.12. The standard InChI is InChI=1S/C40H26O/c1-2-16-37-34(13-1)36-15-6-14-33(40(36)41-37)31-12-5-10-29(24-31)28-9-4-11-30(23-28)32-21-19-27-18-17-25-7-3-8-26-20-22-35(32)39(27)38(25)26/h1-13,15-24,33H,14H2. The van der Waals surface area contributed by atoms with E-state index in [2.05, 4.69) is 133 Å². The molecule has 0 N–H and O–H groups in total. The van der Waals surface area contributed by atoms with Crippen LogP contribution in [0.15, 0.2) is 138 Å². The lowest BCUT2D eigenvalue weighted by molar-refractivity contribution is 0.517. The second-order valence-electron chi connectivity index (χ2n) is 11.2. The molecule has 0 bridgehead atoms. The van der Waals surface area contributed by atoms with Crippen molar-refractivity contribution in [1.29, 1.82) is 0 Å². The van der Waals surface area contributed by atoms with Crippen LogP contribution in [0.3, 0.4) is 0 Å². The second kappa shape index (κ2) is 8.68. The number of benzene rings is 7. The van der Waals surface area contributed by atoms with Gasteiger partial charge in [0.05, 0.1) is 0 Å². The van der Waals surface area contributed by atoms with Gasteiger partial charge in [-0.2, -0.15) is 0 Å². The summed E-state index contributed by atoms with van der Waals surface area (Å²) in [5.74, 6) is 1.29. The van der Waals surface area contributed by atoms with E-state index in [1.807, 2.05) is 6.07 Å². The Morgan fingerprint density at radius 2 is 1.24 bits per heavy atom. The Kier molecular flexibility index (Phi) is 4.80. The van der Waals surface area contributed by atoms with Gasteiger partial charge in [0, 0.05) is 16.9 Å². The fourth-order valence-electron chi connectivity index (χ4n) is 7.02. The molecule has 0 spiro atoms. The van der Waals surface area contributed by atoms with Gasteiger partial charge in [0.15, 0.2) is 0 Å². The zero-order valence-corrected chi connectivity index (χ0v) is 22.5. The molecule has 1 unspecified atom stereocenters. The molecule has 7 aromatic carbocycles. The van der Waals surface area contributed by atoms with Crippen LogP contribution in [0.25, 0.3) is 71.6 Å². The second-order valence-corrected chi connectivity index (χ2v) is 11.2. The van der Waals surface area contributed by atoms with Gasteiger partial charge in [0.1, 0.15) is 11.3 Å². The predicted octanol–water partition coefficient (Wildman–Crippen LogP) is 11.2. The van der Waals surface area contributed by atoms with Gasteiger partial charge in [-0.3, -0.25) is 0 Å². The fraction of sp³-hybridized carbons (Fsp3) is 0.0500. The van der Waals surface area contributed by atoms with Crippen LogP contribution in [-0.4, -0.2) is 0 Å². The number of rotatable bonds is 3. The van der Waals surface area contributed by atoms with Gasteiger partial charge in [-0.05, 0) is 78.7 Å². The average Bonchev–Trinajstić information content (AvgIpc) is 3.43. The smallest absolute Gasteiger partial charge is 0.134 e. The van der Waals surface area contributed by atoms with E-state index in [1.165, 1.54) is 71.1 Å². The van der Waals surface area contributed by atoms with Crippen LogP contribution in [-0.2, 0) is 0 Å². The molecule has 0 saturated heterocycles. The molecule has 1 heterocycles. The lowest BCUT2D eigenvalue weighted by Gasteiger charge is -2.19. The largest absolute Gasteiger partial charge is 0.460 e. The zero-order valence-electron chi connectivity index (χ0n) is 22.5. The number of fused-ring (bicyclic) bond motifs is 3. The van der Waals surface area contributed by atoms with Crippen LogP contribution in [0.1, 0.15) is 29.2 Å². The molecule has 1 aliphatic carbocycles. The number of allylic oxidation sites excluding steroid dienone is 1. The molecule has 41 heavy (non-hydrogen) atoms. The van der Waals surface area contributed by atoms with Crippen molar-refractivity contribution in [2.75, 3.05) is 0 Å². The lowest BCUT2D eigenvalue weighted by atomic mass is 9.85. The maximum Gasteiger partial charge on any atom is 0.134 e. The summed E-state index contributed by atoms with van der Waals surface area (Å²) in [7, 11) is 0. The first-order valence-electron chi connectivity index (χ1n) is 14.4. The van der Waals surface area contributed by atoms with Crippen molar-refractivity contribution in [2.45, 2.75) is 12.3 Å². The molecule has 9 rings (SSSR count). The zero-order chi connectivity index (χ0) is 26.9. The van der Waals surface area contributed by atoms with Crippen molar-refractivity contribution in [2.24, 2.45) is 0 Å². The van der Waals surface area contributed by atoms with E-state index in [-0.39, 0.29) is 5.92 Å². The minimum atomic E-state index is 0.211. The molecule has 1 aliphatic rings. The maximum absolute atomic E-state index is 6.42. The summed E-state index contributed by atoms with van der Waals surface area (Å²) < 4.78 is 6.42. The first kappa shape index (κ1) is 22.7. The highest BCUT2D eigenvalue weighted by atomic mass is 16.3. The minimum absolute atomic E-state index is 0.211. The summed E-state index contributed by atoms with van der Waals surface area (Å²) in [6, 6.07) is 46.6. The lowest BCUT2D eigenvalue weighted by Crippen LogP contribution is -2.03. The molecule has 1 atom stereocenters. The summed E-state index contributed by atoms with van der Waals surface area (Å²) in [4.78, 5) is 0. The monoisotopic (exact) mass is 522 g/mol. The van der Waals surface area contributed by atoms with Crippen LogP contribution in [0, 0.1) is 0 Å². The molecule has 1 heteroatoms. The Bertz CT molecular complexity index is 2280. The van der Waals surface area contributed by atoms with Crippen molar-refractivity contribution < 1.29 is 4.42 Å². The van der Waals surface area contributed by atoms with Crippen molar-refractivity contribution >= 4 is 49.4 Å². The van der Waals surface area contributed by atoms with Crippen molar-refractivity contribution in [3.63, 3.8) is 0 Å². The number of para-hydroxylation sites is 1. The van der Waals surface area contributed by atoms with E-state index in [1.54, 1.807) is 0 Å². The van der Waals surface area contributed by atoms with Gasteiger partial charge in [-0.1, -0.05) is 127 Å². The molecule has 1 aromatic heterocycles. The maximum atomic E-state index is 6.42. The highest BCUT2D eigenvalue weighted by Gasteiger charge is 2.25. The third-order valence-electron chi connectivity index (χ3n) is 8.96. The number of furan rings is 1. The molecule has 0 amide bonds. The van der Waals surface area contributed by atoms with Crippen molar-refractivity contribution in [3.05, 3.63) is 150 Å². The van der Waals surface area contributed by atoms with E-state index >= 15 is 0 Å². The van der Waals surface area contributed by atoms with E-state index in [4.69, 9.17) is 4.42 Å². The summed E-state index contributed by atoms with van der Waals surface area (Å²) >= 11 is 0. The van der Waals surface area contributed by atoms with E-state index in [9.17, 15) is 0 Å². The first-order valence-corrected chi connectivity index (χ1v) is 14.4. The van der Waals surface area contributed by atoms with Gasteiger partial charge < -0.3 is 4.42 Å². The van der Waals surface area contributed by atoms with Gasteiger partial charge in [-0.25, -0.2) is 0 Å². The molecule has 192 valence electrons. The third kappa shape index (κ3) is 3.42. The molecule has 0 radical (unpaired) electrons. The van der Waals surface area contributed by atoms with Crippen LogP contribution >= 0.6 is 0 Å². The van der Waals surface area contributed by atoms with Gasteiger partial charge in [0.25, 0.3) is 0 Å². The topological polar surface area (TPSA) is 13.1 Å². The average molecular weight is 523 g/mol. The quantitative estimate of drug-likeness (QED) is 0.210. The summed E-state index contributed by atoms with van der Waals surface area (Å²) in [6.45, 7) is 0. The van der Waals surface area contributed by atoms with Crippen LogP contribution < -0.4 is 0 Å². The van der Waals surface area contributed by atoms with Gasteiger partial charge in [-0.15, -0.1) is 0 Å². The third-order valence-corrected chi connectivity index (χ3v) is 8.96. The summed E-state index contributed by atoms with van der Waals surface area (Å²) in [6.07, 6.45) is 5.46. The van der Waals surface area contributed by atoms with Crippen LogP contribution in [0.5, 0.6) is 0 Å². The Morgan fingerprint density at radius 1 is 0.537 bits per heavy atom. The Balaban J connectivity index is 1.15. The molecule has 0 fully saturated rings. The Labute approximate surface area is 238 Å².